The monoisotopic (exact) mass is 450 g/mol. The smallest absolute Gasteiger partial charge is 0.164 e. The fraction of sp³-hybridized carbons (Fsp3) is 0.364. The van der Waals surface area contributed by atoms with Crippen LogP contribution >= 0.6 is 23.2 Å². The molecule has 0 saturated heterocycles. The number of ether oxygens (including phenoxy) is 1. The third-order valence-electron chi connectivity index (χ3n) is 4.55. The van der Waals surface area contributed by atoms with Gasteiger partial charge in [-0.2, -0.15) is 0 Å². The lowest BCUT2D eigenvalue weighted by Gasteiger charge is -2.17. The Kier molecular flexibility index (Phi) is 8.96. The van der Waals surface area contributed by atoms with Gasteiger partial charge < -0.3 is 9.64 Å². The number of aliphatic imine (C=N–C) groups is 2. The van der Waals surface area contributed by atoms with E-state index in [0.29, 0.717) is 21.6 Å². The molecule has 0 aliphatic rings. The van der Waals surface area contributed by atoms with Crippen molar-refractivity contribution in [2.75, 3.05) is 27.3 Å². The number of rotatable bonds is 7. The second kappa shape index (κ2) is 11.2. The summed E-state index contributed by atoms with van der Waals surface area (Å²) in [7, 11) is 3.53. The summed E-state index contributed by atoms with van der Waals surface area (Å²) in [5.74, 6) is 2.19. The maximum Gasteiger partial charge on any atom is 0.164 e. The van der Waals surface area contributed by atoms with Crippen molar-refractivity contribution in [2.24, 2.45) is 9.98 Å². The molecule has 0 aliphatic carbocycles. The maximum atomic E-state index is 6.21. The van der Waals surface area contributed by atoms with Crippen LogP contribution in [-0.2, 0) is 4.84 Å². The Balaban J connectivity index is 2.22. The third kappa shape index (κ3) is 6.62. The van der Waals surface area contributed by atoms with E-state index < -0.39 is 0 Å². The van der Waals surface area contributed by atoms with E-state index in [4.69, 9.17) is 37.8 Å². The molecule has 0 spiro atoms. The van der Waals surface area contributed by atoms with Crippen molar-refractivity contribution in [1.29, 1.82) is 0 Å². The van der Waals surface area contributed by atoms with E-state index in [1.165, 1.54) is 7.11 Å². The molecule has 2 aromatic carbocycles. The lowest BCUT2D eigenvalue weighted by atomic mass is 10.1. The molecule has 0 radical (unpaired) electrons. The molecule has 8 heteroatoms. The highest BCUT2D eigenvalue weighted by Gasteiger charge is 2.10. The molecule has 0 atom stereocenters. The van der Waals surface area contributed by atoms with Crippen molar-refractivity contribution in [3.63, 3.8) is 0 Å². The molecule has 0 bridgehead atoms. The van der Waals surface area contributed by atoms with Crippen LogP contribution in [0.1, 0.15) is 25.0 Å². The van der Waals surface area contributed by atoms with Crippen LogP contribution in [0.15, 0.2) is 40.3 Å². The molecule has 0 saturated carbocycles. The van der Waals surface area contributed by atoms with Gasteiger partial charge in [0.05, 0.1) is 23.5 Å². The zero-order valence-corrected chi connectivity index (χ0v) is 19.7. The van der Waals surface area contributed by atoms with Crippen molar-refractivity contribution >= 4 is 46.2 Å². The Bertz CT molecular complexity index is 945. The second-order valence-electron chi connectivity index (χ2n) is 6.83. The van der Waals surface area contributed by atoms with E-state index in [2.05, 4.69) is 22.3 Å². The summed E-state index contributed by atoms with van der Waals surface area (Å²) in [5.41, 5.74) is 6.24. The second-order valence-corrected chi connectivity index (χ2v) is 7.67. The van der Waals surface area contributed by atoms with Crippen molar-refractivity contribution in [1.82, 2.24) is 10.4 Å². The average Bonchev–Trinajstić information content (AvgIpc) is 2.70. The van der Waals surface area contributed by atoms with Gasteiger partial charge in [0.15, 0.2) is 5.84 Å². The Morgan fingerprint density at radius 1 is 1.07 bits per heavy atom. The number of nitrogens with zero attached hydrogens (tertiary/aromatic N) is 3. The van der Waals surface area contributed by atoms with Gasteiger partial charge in [-0.1, -0.05) is 23.2 Å². The minimum atomic E-state index is 0.174. The molecule has 0 fully saturated rings. The molecule has 0 heterocycles. The van der Waals surface area contributed by atoms with Crippen LogP contribution in [-0.4, -0.2) is 43.9 Å². The topological polar surface area (TPSA) is 58.5 Å². The Morgan fingerprint density at radius 3 is 2.43 bits per heavy atom. The highest BCUT2D eigenvalue weighted by atomic mass is 35.5. The molecule has 0 unspecified atom stereocenters. The standard InChI is InChI=1S/C22H28Cl2N4O2/c1-7-28(5)16(4)25-20-10-15(3)21(11-14(20)2)30-13-22(27-29-6)26-19-9-8-17(23)12-18(19)24/h8-12H,7,13H2,1-6H3,(H,26,27). The van der Waals surface area contributed by atoms with Gasteiger partial charge in [0.1, 0.15) is 18.2 Å². The summed E-state index contributed by atoms with van der Waals surface area (Å²) >= 11 is 12.2. The normalized spacial score (nSPS) is 12.1. The summed E-state index contributed by atoms with van der Waals surface area (Å²) in [6.45, 7) is 9.18. The summed E-state index contributed by atoms with van der Waals surface area (Å²) < 4.78 is 6.00. The van der Waals surface area contributed by atoms with Gasteiger partial charge in [-0.15, -0.1) is 0 Å². The van der Waals surface area contributed by atoms with Crippen molar-refractivity contribution < 1.29 is 9.57 Å². The summed E-state index contributed by atoms with van der Waals surface area (Å²) in [6, 6.07) is 9.10. The van der Waals surface area contributed by atoms with Crippen molar-refractivity contribution in [3.05, 3.63) is 51.5 Å². The molecule has 1 N–H and O–H groups in total. The van der Waals surface area contributed by atoms with Crippen molar-refractivity contribution in [2.45, 2.75) is 27.7 Å². The van der Waals surface area contributed by atoms with E-state index in [0.717, 1.165) is 34.9 Å². The largest absolute Gasteiger partial charge is 0.485 e. The van der Waals surface area contributed by atoms with Gasteiger partial charge in [0, 0.05) is 18.6 Å². The molecule has 6 nitrogen and oxygen atoms in total. The fourth-order valence-corrected chi connectivity index (χ4v) is 3.06. The van der Waals surface area contributed by atoms with Crippen LogP contribution in [0, 0.1) is 13.8 Å². The molecule has 0 aliphatic heterocycles. The molecule has 2 rings (SSSR count). The Labute approximate surface area is 188 Å². The average molecular weight is 451 g/mol. The predicted octanol–water partition coefficient (Wildman–Crippen LogP) is 5.87. The third-order valence-corrected chi connectivity index (χ3v) is 5.09. The first kappa shape index (κ1) is 24.0. The molecule has 2 aromatic rings. The van der Waals surface area contributed by atoms with E-state index in [9.17, 15) is 0 Å². The van der Waals surface area contributed by atoms with Crippen LogP contribution in [0.2, 0.25) is 10.0 Å². The number of benzene rings is 2. The highest BCUT2D eigenvalue weighted by molar-refractivity contribution is 6.36. The van der Waals surface area contributed by atoms with Crippen LogP contribution < -0.4 is 10.2 Å². The van der Waals surface area contributed by atoms with E-state index in [1.54, 1.807) is 18.2 Å². The van der Waals surface area contributed by atoms with Crippen LogP contribution in [0.25, 0.3) is 0 Å². The molecular formula is C22H28Cl2N4O2. The van der Waals surface area contributed by atoms with Crippen molar-refractivity contribution in [3.8, 4) is 5.75 Å². The lowest BCUT2D eigenvalue weighted by Crippen LogP contribution is -2.28. The van der Waals surface area contributed by atoms with Gasteiger partial charge in [-0.25, -0.2) is 9.98 Å². The van der Waals surface area contributed by atoms with Gasteiger partial charge in [-0.05, 0) is 69.2 Å². The van der Waals surface area contributed by atoms with Gasteiger partial charge in [0.2, 0.25) is 0 Å². The molecule has 30 heavy (non-hydrogen) atoms. The first-order valence-corrected chi connectivity index (χ1v) is 10.3. The SMILES string of the molecule is CCN(C)C(C)=Nc1cc(C)c(OCC(=Nc2ccc(Cl)cc2Cl)NOC)cc1C. The van der Waals surface area contributed by atoms with E-state index in [1.807, 2.05) is 40.0 Å². The van der Waals surface area contributed by atoms with Gasteiger partial charge in [0.25, 0.3) is 0 Å². The Morgan fingerprint density at radius 2 is 1.80 bits per heavy atom. The van der Waals surface area contributed by atoms with Gasteiger partial charge in [-0.3, -0.25) is 10.3 Å². The molecule has 162 valence electrons. The number of nitrogens with one attached hydrogen (secondary N) is 1. The number of hydrogen-bond donors (Lipinski definition) is 1. The number of halogens is 2. The molecular weight excluding hydrogens is 423 g/mol. The fourth-order valence-electron chi connectivity index (χ4n) is 2.60. The number of amidine groups is 2. The minimum Gasteiger partial charge on any atom is -0.485 e. The molecule has 0 aromatic heterocycles. The predicted molar refractivity (Wildman–Crippen MR) is 126 cm³/mol. The van der Waals surface area contributed by atoms with Crippen LogP contribution in [0.3, 0.4) is 0 Å². The highest BCUT2D eigenvalue weighted by Crippen LogP contribution is 2.30. The van der Waals surface area contributed by atoms with Crippen LogP contribution in [0.5, 0.6) is 5.75 Å². The van der Waals surface area contributed by atoms with Gasteiger partial charge >= 0.3 is 0 Å². The molecule has 0 amide bonds. The van der Waals surface area contributed by atoms with E-state index >= 15 is 0 Å². The quantitative estimate of drug-likeness (QED) is 0.325. The van der Waals surface area contributed by atoms with Crippen LogP contribution in [0.4, 0.5) is 11.4 Å². The minimum absolute atomic E-state index is 0.174. The number of hydroxylamine groups is 1. The first-order chi connectivity index (χ1) is 14.2. The lowest BCUT2D eigenvalue weighted by molar-refractivity contribution is 0.139. The first-order valence-electron chi connectivity index (χ1n) is 9.57. The Hall–Kier alpha value is -2.28. The zero-order chi connectivity index (χ0) is 22.3. The number of aryl methyl sites for hydroxylation is 2. The summed E-state index contributed by atoms with van der Waals surface area (Å²) in [4.78, 5) is 16.3. The zero-order valence-electron chi connectivity index (χ0n) is 18.2. The summed E-state index contributed by atoms with van der Waals surface area (Å²) in [6.07, 6.45) is 0. The van der Waals surface area contributed by atoms with E-state index in [-0.39, 0.29) is 6.61 Å². The number of hydrogen-bond acceptors (Lipinski definition) is 4. The summed E-state index contributed by atoms with van der Waals surface area (Å²) in [5, 5.41) is 0.991. The maximum absolute atomic E-state index is 6.21.